The Morgan fingerprint density at radius 1 is 1.61 bits per heavy atom. The smallest absolute Gasteiger partial charge is 0.255 e. The topological polar surface area (TPSA) is 29.5 Å². The van der Waals surface area contributed by atoms with E-state index in [0.29, 0.717) is 12.5 Å². The molecule has 18 heavy (non-hydrogen) atoms. The van der Waals surface area contributed by atoms with E-state index < -0.39 is 0 Å². The lowest BCUT2D eigenvalue weighted by atomic mass is 10.1. The van der Waals surface area contributed by atoms with Gasteiger partial charge in [0.05, 0.1) is 24.3 Å². The molecule has 3 atom stereocenters. The van der Waals surface area contributed by atoms with Gasteiger partial charge in [-0.15, -0.1) is 6.58 Å². The number of amides is 1. The third-order valence-electron chi connectivity index (χ3n) is 3.94. The molecule has 1 aliphatic carbocycles. The molecule has 0 N–H and O–H groups in total. The second-order valence-electron chi connectivity index (χ2n) is 4.96. The Morgan fingerprint density at radius 3 is 3.22 bits per heavy atom. The summed E-state index contributed by atoms with van der Waals surface area (Å²) < 4.78 is 5.83. The summed E-state index contributed by atoms with van der Waals surface area (Å²) in [6, 6.07) is 2.17. The minimum Gasteiger partial charge on any atom is -0.372 e. The minimum absolute atomic E-state index is 0.163. The van der Waals surface area contributed by atoms with Crippen molar-refractivity contribution in [3.63, 3.8) is 0 Å². The summed E-state index contributed by atoms with van der Waals surface area (Å²) in [6.45, 7) is 5.11. The molecule has 3 rings (SSSR count). The normalized spacial score (nSPS) is 29.8. The van der Waals surface area contributed by atoms with Crippen molar-refractivity contribution in [3.8, 4) is 0 Å². The minimum atomic E-state index is 0.163. The number of carbonyl (C=O) groups excluding carboxylic acids is 1. The highest BCUT2D eigenvalue weighted by molar-refractivity contribution is 7.08. The van der Waals surface area contributed by atoms with E-state index >= 15 is 0 Å². The molecule has 0 aromatic carbocycles. The zero-order valence-electron chi connectivity index (χ0n) is 10.2. The van der Waals surface area contributed by atoms with Crippen LogP contribution in [0.25, 0.3) is 0 Å². The van der Waals surface area contributed by atoms with Crippen molar-refractivity contribution in [2.24, 2.45) is 5.92 Å². The molecule has 1 aromatic rings. The van der Waals surface area contributed by atoms with Gasteiger partial charge in [0.1, 0.15) is 0 Å². The van der Waals surface area contributed by atoms with E-state index in [2.05, 4.69) is 6.58 Å². The van der Waals surface area contributed by atoms with Crippen LogP contribution < -0.4 is 0 Å². The van der Waals surface area contributed by atoms with Crippen molar-refractivity contribution in [1.29, 1.82) is 0 Å². The van der Waals surface area contributed by atoms with E-state index in [4.69, 9.17) is 4.74 Å². The van der Waals surface area contributed by atoms with Crippen molar-refractivity contribution in [1.82, 2.24) is 4.90 Å². The van der Waals surface area contributed by atoms with Crippen molar-refractivity contribution in [2.75, 3.05) is 13.2 Å². The Morgan fingerprint density at radius 2 is 2.50 bits per heavy atom. The summed E-state index contributed by atoms with van der Waals surface area (Å²) >= 11 is 1.57. The van der Waals surface area contributed by atoms with Crippen LogP contribution in [0, 0.1) is 5.92 Å². The molecule has 3 nitrogen and oxygen atoms in total. The predicted octanol–water partition coefficient (Wildman–Crippen LogP) is 2.55. The molecule has 2 aliphatic rings. The molecule has 0 spiro atoms. The van der Waals surface area contributed by atoms with Gasteiger partial charge in [-0.3, -0.25) is 4.79 Å². The molecule has 2 heterocycles. The highest BCUT2D eigenvalue weighted by atomic mass is 32.1. The summed E-state index contributed by atoms with van der Waals surface area (Å²) in [5.74, 6) is 0.674. The molecule has 3 unspecified atom stereocenters. The van der Waals surface area contributed by atoms with Gasteiger partial charge in [0.25, 0.3) is 5.91 Å². The lowest BCUT2D eigenvalue weighted by molar-refractivity contribution is 0.0409. The fraction of sp³-hybridized carbons (Fsp3) is 0.500. The fourth-order valence-electron chi connectivity index (χ4n) is 3.16. The maximum atomic E-state index is 12.4. The molecule has 1 saturated heterocycles. The van der Waals surface area contributed by atoms with Crippen LogP contribution in [-0.4, -0.2) is 36.1 Å². The molecule has 0 radical (unpaired) electrons. The van der Waals surface area contributed by atoms with Crippen LogP contribution in [0.2, 0.25) is 0 Å². The van der Waals surface area contributed by atoms with Crippen LogP contribution in [0.3, 0.4) is 0 Å². The predicted molar refractivity (Wildman–Crippen MR) is 71.8 cm³/mol. The number of ether oxygens (including phenoxy) is 1. The average Bonchev–Trinajstić information content (AvgIpc) is 3.11. The van der Waals surface area contributed by atoms with Crippen molar-refractivity contribution < 1.29 is 9.53 Å². The Labute approximate surface area is 111 Å². The van der Waals surface area contributed by atoms with Crippen molar-refractivity contribution in [2.45, 2.75) is 25.0 Å². The lowest BCUT2D eigenvalue weighted by Crippen LogP contribution is -2.39. The second-order valence-corrected chi connectivity index (χ2v) is 5.74. The van der Waals surface area contributed by atoms with E-state index in [-0.39, 0.29) is 18.1 Å². The van der Waals surface area contributed by atoms with Crippen LogP contribution in [0.4, 0.5) is 0 Å². The number of thiophene rings is 1. The standard InChI is InChI=1S/C14H17NO2S/c1-2-6-17-13-10-3-4-12(13)15(8-10)14(16)11-5-7-18-9-11/h2,5,7,9-10,12-13H,1,3-4,6,8H2. The van der Waals surface area contributed by atoms with Gasteiger partial charge in [-0.25, -0.2) is 0 Å². The van der Waals surface area contributed by atoms with E-state index in [9.17, 15) is 4.79 Å². The molecule has 96 valence electrons. The third kappa shape index (κ3) is 1.89. The Bertz CT molecular complexity index is 443. The maximum Gasteiger partial charge on any atom is 0.255 e. The van der Waals surface area contributed by atoms with Gasteiger partial charge < -0.3 is 9.64 Å². The number of likely N-dealkylation sites (tertiary alicyclic amines) is 1. The van der Waals surface area contributed by atoms with Crippen LogP contribution in [0.1, 0.15) is 23.2 Å². The van der Waals surface area contributed by atoms with Crippen molar-refractivity contribution >= 4 is 17.2 Å². The highest BCUT2D eigenvalue weighted by Gasteiger charge is 2.49. The number of hydrogen-bond donors (Lipinski definition) is 0. The summed E-state index contributed by atoms with van der Waals surface area (Å²) in [5, 5.41) is 3.88. The molecule has 1 amide bonds. The average molecular weight is 263 g/mol. The van der Waals surface area contributed by atoms with Gasteiger partial charge >= 0.3 is 0 Å². The maximum absolute atomic E-state index is 12.4. The number of carbonyl (C=O) groups is 1. The number of nitrogens with zero attached hydrogens (tertiary/aromatic N) is 1. The quantitative estimate of drug-likeness (QED) is 0.781. The first-order valence-corrected chi connectivity index (χ1v) is 7.31. The van der Waals surface area contributed by atoms with Gasteiger partial charge in [0.2, 0.25) is 0 Å². The summed E-state index contributed by atoms with van der Waals surface area (Å²) in [4.78, 5) is 14.4. The number of rotatable bonds is 4. The third-order valence-corrected chi connectivity index (χ3v) is 4.63. The number of piperidine rings is 1. The Hall–Kier alpha value is -1.13. The molecule has 2 fully saturated rings. The first-order chi connectivity index (χ1) is 8.81. The van der Waals surface area contributed by atoms with E-state index in [0.717, 1.165) is 18.5 Å². The van der Waals surface area contributed by atoms with Crippen LogP contribution in [0.5, 0.6) is 0 Å². The van der Waals surface area contributed by atoms with Gasteiger partial charge in [-0.1, -0.05) is 6.08 Å². The SMILES string of the molecule is C=CCOC1C2CCC1N(C(=O)c1ccsc1)C2. The molecule has 1 saturated carbocycles. The lowest BCUT2D eigenvalue weighted by Gasteiger charge is -2.27. The Balaban J connectivity index is 1.73. The van der Waals surface area contributed by atoms with Crippen LogP contribution in [0.15, 0.2) is 29.5 Å². The van der Waals surface area contributed by atoms with E-state index in [1.165, 1.54) is 6.42 Å². The van der Waals surface area contributed by atoms with Crippen molar-refractivity contribution in [3.05, 3.63) is 35.0 Å². The molecule has 2 bridgehead atoms. The van der Waals surface area contributed by atoms with Crippen LogP contribution >= 0.6 is 11.3 Å². The summed E-state index contributed by atoms with van der Waals surface area (Å²) in [6.07, 6.45) is 4.25. The van der Waals surface area contributed by atoms with Gasteiger partial charge in [-0.2, -0.15) is 11.3 Å². The molecule has 1 aliphatic heterocycles. The second kappa shape index (κ2) is 4.86. The molecule has 1 aromatic heterocycles. The van der Waals surface area contributed by atoms with E-state index in [1.54, 1.807) is 17.4 Å². The first kappa shape index (κ1) is 11.9. The Kier molecular flexibility index (Phi) is 3.22. The fourth-order valence-corrected chi connectivity index (χ4v) is 3.79. The monoisotopic (exact) mass is 263 g/mol. The first-order valence-electron chi connectivity index (χ1n) is 6.37. The number of fused-ring (bicyclic) bond motifs is 2. The number of hydrogen-bond acceptors (Lipinski definition) is 3. The zero-order chi connectivity index (χ0) is 12.5. The highest BCUT2D eigenvalue weighted by Crippen LogP contribution is 2.40. The summed E-state index contributed by atoms with van der Waals surface area (Å²) in [7, 11) is 0. The molecular weight excluding hydrogens is 246 g/mol. The van der Waals surface area contributed by atoms with Gasteiger partial charge in [-0.05, 0) is 24.3 Å². The van der Waals surface area contributed by atoms with Crippen LogP contribution in [-0.2, 0) is 4.74 Å². The van der Waals surface area contributed by atoms with E-state index in [1.807, 2.05) is 21.7 Å². The van der Waals surface area contributed by atoms with Gasteiger partial charge in [0, 0.05) is 17.8 Å². The molecular formula is C14H17NO2S. The zero-order valence-corrected chi connectivity index (χ0v) is 11.1. The molecule has 4 heteroatoms. The largest absolute Gasteiger partial charge is 0.372 e. The summed E-state index contributed by atoms with van der Waals surface area (Å²) in [5.41, 5.74) is 0.815. The van der Waals surface area contributed by atoms with Gasteiger partial charge in [0.15, 0.2) is 0 Å².